The molecule has 0 aliphatic rings. The van der Waals surface area contributed by atoms with Gasteiger partial charge in [0.25, 0.3) is 0 Å². The lowest BCUT2D eigenvalue weighted by molar-refractivity contribution is -0.0170. The Morgan fingerprint density at radius 2 is 1.38 bits per heavy atom. The summed E-state index contributed by atoms with van der Waals surface area (Å²) in [6.07, 6.45) is -0.684. The minimum Gasteiger partial charge on any atom is -0.448 e. The maximum atomic E-state index is 5.86. The second kappa shape index (κ2) is 6.13. The molecule has 0 saturated carbocycles. The van der Waals surface area contributed by atoms with Crippen LogP contribution in [0.4, 0.5) is 0 Å². The van der Waals surface area contributed by atoms with Crippen molar-refractivity contribution < 1.29 is 14.0 Å². The monoisotopic (exact) mass is 281 g/mol. The van der Waals surface area contributed by atoms with Gasteiger partial charge in [0, 0.05) is 6.07 Å². The first-order chi connectivity index (χ1) is 10.3. The molecule has 0 spiro atoms. The third kappa shape index (κ3) is 3.42. The summed E-state index contributed by atoms with van der Waals surface area (Å²) in [5, 5.41) is 3.89. The molecule has 0 fully saturated rings. The highest BCUT2D eigenvalue weighted by Crippen LogP contribution is 2.26. The lowest BCUT2D eigenvalue weighted by Crippen LogP contribution is -2.14. The summed E-state index contributed by atoms with van der Waals surface area (Å²) >= 11 is 0. The molecule has 3 rings (SSSR count). The van der Waals surface area contributed by atoms with E-state index in [9.17, 15) is 0 Å². The van der Waals surface area contributed by atoms with Gasteiger partial charge in [-0.05, 0) is 31.2 Å². The molecule has 0 aliphatic heterocycles. The Bertz CT molecular complexity index is 638. The van der Waals surface area contributed by atoms with Gasteiger partial charge in [0.05, 0.1) is 5.69 Å². The Kier molecular flexibility index (Phi) is 3.87. The topological polar surface area (TPSA) is 44.5 Å². The normalized spacial score (nSPS) is 10.6. The van der Waals surface area contributed by atoms with Gasteiger partial charge < -0.3 is 14.0 Å². The summed E-state index contributed by atoms with van der Waals surface area (Å²) in [5.74, 6) is 1.93. The second-order valence-electron chi connectivity index (χ2n) is 4.56. The number of para-hydroxylation sites is 2. The zero-order valence-electron chi connectivity index (χ0n) is 11.6. The van der Waals surface area contributed by atoms with E-state index in [4.69, 9.17) is 14.0 Å². The number of hydrogen-bond donors (Lipinski definition) is 0. The number of nitrogens with zero attached hydrogens (tertiary/aromatic N) is 1. The summed E-state index contributed by atoms with van der Waals surface area (Å²) < 4.78 is 17.0. The molecule has 106 valence electrons. The van der Waals surface area contributed by atoms with Gasteiger partial charge in [0.2, 0.25) is 5.76 Å². The molecule has 0 amide bonds. The van der Waals surface area contributed by atoms with Crippen molar-refractivity contribution in [3.8, 4) is 11.5 Å². The number of aryl methyl sites for hydroxylation is 1. The van der Waals surface area contributed by atoms with Crippen molar-refractivity contribution in [2.24, 2.45) is 0 Å². The highest BCUT2D eigenvalue weighted by molar-refractivity contribution is 5.24. The van der Waals surface area contributed by atoms with E-state index in [1.807, 2.05) is 67.6 Å². The van der Waals surface area contributed by atoms with E-state index in [0.717, 1.165) is 5.69 Å². The Labute approximate surface area is 122 Å². The Balaban J connectivity index is 1.84. The molecule has 0 atom stereocenters. The molecule has 0 radical (unpaired) electrons. The van der Waals surface area contributed by atoms with Crippen LogP contribution < -0.4 is 9.47 Å². The Morgan fingerprint density at radius 1 is 0.857 bits per heavy atom. The number of aromatic nitrogens is 1. The van der Waals surface area contributed by atoms with E-state index in [0.29, 0.717) is 17.3 Å². The molecule has 1 aromatic heterocycles. The first-order valence-corrected chi connectivity index (χ1v) is 6.68. The number of benzene rings is 2. The standard InChI is InChI=1S/C17H15NO3/c1-13-12-16(21-18-13)17(19-14-8-4-2-5-9-14)20-15-10-6-3-7-11-15/h2-12,17H,1H3. The molecule has 0 saturated heterocycles. The molecule has 0 N–H and O–H groups in total. The van der Waals surface area contributed by atoms with Crippen LogP contribution >= 0.6 is 0 Å². The van der Waals surface area contributed by atoms with E-state index >= 15 is 0 Å². The van der Waals surface area contributed by atoms with Crippen LogP contribution in [0.2, 0.25) is 0 Å². The van der Waals surface area contributed by atoms with Crippen molar-refractivity contribution in [3.63, 3.8) is 0 Å². The van der Waals surface area contributed by atoms with Gasteiger partial charge in [0.1, 0.15) is 11.5 Å². The molecule has 0 aliphatic carbocycles. The van der Waals surface area contributed by atoms with Gasteiger partial charge in [-0.2, -0.15) is 0 Å². The predicted molar refractivity (Wildman–Crippen MR) is 78.1 cm³/mol. The number of ether oxygens (including phenoxy) is 2. The molecule has 0 unspecified atom stereocenters. The van der Waals surface area contributed by atoms with Crippen LogP contribution in [0.1, 0.15) is 17.7 Å². The van der Waals surface area contributed by atoms with Crippen molar-refractivity contribution in [2.45, 2.75) is 13.2 Å². The van der Waals surface area contributed by atoms with Crippen molar-refractivity contribution >= 4 is 0 Å². The fourth-order valence-corrected chi connectivity index (χ4v) is 1.88. The van der Waals surface area contributed by atoms with E-state index in [1.165, 1.54) is 0 Å². The lowest BCUT2D eigenvalue weighted by Gasteiger charge is -2.18. The molecular formula is C17H15NO3. The second-order valence-corrected chi connectivity index (χ2v) is 4.56. The summed E-state index contributed by atoms with van der Waals surface area (Å²) in [4.78, 5) is 0. The van der Waals surface area contributed by atoms with Crippen LogP contribution in [0.5, 0.6) is 11.5 Å². The molecule has 0 bridgehead atoms. The molecule has 1 heterocycles. The molecule has 2 aromatic carbocycles. The highest BCUT2D eigenvalue weighted by Gasteiger charge is 2.20. The van der Waals surface area contributed by atoms with Gasteiger partial charge in [-0.25, -0.2) is 0 Å². The Morgan fingerprint density at radius 3 is 1.81 bits per heavy atom. The van der Waals surface area contributed by atoms with E-state index in [-0.39, 0.29) is 0 Å². The van der Waals surface area contributed by atoms with Crippen molar-refractivity contribution in [1.82, 2.24) is 5.16 Å². The fourth-order valence-electron chi connectivity index (χ4n) is 1.88. The molecule has 3 aromatic rings. The molecular weight excluding hydrogens is 266 g/mol. The van der Waals surface area contributed by atoms with Crippen LogP contribution in [0.15, 0.2) is 71.3 Å². The zero-order valence-corrected chi connectivity index (χ0v) is 11.6. The molecule has 4 nitrogen and oxygen atoms in total. The summed E-state index contributed by atoms with van der Waals surface area (Å²) in [7, 11) is 0. The van der Waals surface area contributed by atoms with Crippen molar-refractivity contribution in [2.75, 3.05) is 0 Å². The summed E-state index contributed by atoms with van der Waals surface area (Å²) in [6.45, 7) is 1.86. The Hall–Kier alpha value is -2.75. The maximum Gasteiger partial charge on any atom is 0.302 e. The van der Waals surface area contributed by atoms with Crippen LogP contribution in [0, 0.1) is 6.92 Å². The average Bonchev–Trinajstić information content (AvgIpc) is 2.95. The first-order valence-electron chi connectivity index (χ1n) is 6.68. The van der Waals surface area contributed by atoms with Crippen molar-refractivity contribution in [3.05, 3.63) is 78.2 Å². The third-order valence-corrected chi connectivity index (χ3v) is 2.85. The predicted octanol–water partition coefficient (Wildman–Crippen LogP) is 4.14. The van der Waals surface area contributed by atoms with Gasteiger partial charge in [-0.3, -0.25) is 0 Å². The number of rotatable bonds is 5. The van der Waals surface area contributed by atoms with Crippen LogP contribution in [-0.2, 0) is 0 Å². The molecule has 4 heteroatoms. The van der Waals surface area contributed by atoms with Gasteiger partial charge in [0.15, 0.2) is 0 Å². The van der Waals surface area contributed by atoms with E-state index < -0.39 is 6.29 Å². The molecule has 21 heavy (non-hydrogen) atoms. The van der Waals surface area contributed by atoms with Crippen LogP contribution in [0.25, 0.3) is 0 Å². The average molecular weight is 281 g/mol. The van der Waals surface area contributed by atoms with Crippen LogP contribution in [-0.4, -0.2) is 5.16 Å². The minimum atomic E-state index is -0.684. The highest BCUT2D eigenvalue weighted by atomic mass is 16.7. The smallest absolute Gasteiger partial charge is 0.302 e. The van der Waals surface area contributed by atoms with E-state index in [2.05, 4.69) is 5.16 Å². The lowest BCUT2D eigenvalue weighted by atomic mass is 10.3. The zero-order chi connectivity index (χ0) is 14.5. The van der Waals surface area contributed by atoms with Crippen LogP contribution in [0.3, 0.4) is 0 Å². The maximum absolute atomic E-state index is 5.86. The summed E-state index contributed by atoms with van der Waals surface area (Å²) in [6, 6.07) is 20.7. The third-order valence-electron chi connectivity index (χ3n) is 2.85. The van der Waals surface area contributed by atoms with Gasteiger partial charge in [-0.15, -0.1) is 0 Å². The first kappa shape index (κ1) is 13.2. The minimum absolute atomic E-state index is 0.528. The SMILES string of the molecule is Cc1cc(C(Oc2ccccc2)Oc2ccccc2)on1. The summed E-state index contributed by atoms with van der Waals surface area (Å²) in [5.41, 5.74) is 0.781. The number of hydrogen-bond acceptors (Lipinski definition) is 4. The largest absolute Gasteiger partial charge is 0.448 e. The van der Waals surface area contributed by atoms with Crippen molar-refractivity contribution in [1.29, 1.82) is 0 Å². The van der Waals surface area contributed by atoms with E-state index in [1.54, 1.807) is 6.07 Å². The quantitative estimate of drug-likeness (QED) is 0.659. The van der Waals surface area contributed by atoms with Gasteiger partial charge in [-0.1, -0.05) is 41.6 Å². The van der Waals surface area contributed by atoms with Gasteiger partial charge >= 0.3 is 6.29 Å². The fraction of sp³-hybridized carbons (Fsp3) is 0.118.